The van der Waals surface area contributed by atoms with E-state index in [1.165, 1.54) is 19.3 Å². The molecule has 6 nitrogen and oxygen atoms in total. The first-order chi connectivity index (χ1) is 14.9. The molecular formula is C25H33NO5. The van der Waals surface area contributed by atoms with Crippen LogP contribution in [0.25, 0.3) is 6.08 Å². The van der Waals surface area contributed by atoms with E-state index in [1.54, 1.807) is 20.1 Å². The molecule has 0 radical (unpaired) electrons. The third-order valence-electron chi connectivity index (χ3n) is 7.00. The molecule has 1 N–H and O–H groups in total. The van der Waals surface area contributed by atoms with E-state index in [9.17, 15) is 9.59 Å². The maximum atomic E-state index is 12.8. The molecule has 4 bridgehead atoms. The van der Waals surface area contributed by atoms with E-state index in [4.69, 9.17) is 14.2 Å². The predicted molar refractivity (Wildman–Crippen MR) is 118 cm³/mol. The van der Waals surface area contributed by atoms with Gasteiger partial charge in [-0.1, -0.05) is 18.2 Å². The van der Waals surface area contributed by atoms with Crippen molar-refractivity contribution in [1.29, 1.82) is 0 Å². The van der Waals surface area contributed by atoms with Crippen LogP contribution in [-0.4, -0.2) is 37.2 Å². The Bertz CT molecular complexity index is 826. The Morgan fingerprint density at radius 3 is 2.35 bits per heavy atom. The van der Waals surface area contributed by atoms with Gasteiger partial charge >= 0.3 is 5.97 Å². The van der Waals surface area contributed by atoms with Crippen molar-refractivity contribution in [3.05, 3.63) is 29.8 Å². The smallest absolute Gasteiger partial charge is 0.344 e. The summed E-state index contributed by atoms with van der Waals surface area (Å²) in [6, 6.07) is 5.47. The van der Waals surface area contributed by atoms with Gasteiger partial charge in [0.05, 0.1) is 7.11 Å². The lowest BCUT2D eigenvalue weighted by Crippen LogP contribution is -2.61. The summed E-state index contributed by atoms with van der Waals surface area (Å²) in [7, 11) is 1.55. The summed E-state index contributed by atoms with van der Waals surface area (Å²) in [5.41, 5.74) is 0.884. The normalized spacial score (nSPS) is 29.6. The van der Waals surface area contributed by atoms with Crippen molar-refractivity contribution in [3.63, 3.8) is 0 Å². The van der Waals surface area contributed by atoms with Crippen LogP contribution in [0.15, 0.2) is 24.3 Å². The molecule has 0 aromatic heterocycles. The van der Waals surface area contributed by atoms with Crippen molar-refractivity contribution < 1.29 is 23.8 Å². The van der Waals surface area contributed by atoms with Gasteiger partial charge in [-0.05, 0) is 87.8 Å². The molecule has 0 aliphatic heterocycles. The van der Waals surface area contributed by atoms with Crippen molar-refractivity contribution in [2.75, 3.05) is 13.7 Å². The van der Waals surface area contributed by atoms with Gasteiger partial charge in [-0.25, -0.2) is 4.79 Å². The predicted octanol–water partition coefficient (Wildman–Crippen LogP) is 4.12. The molecule has 6 heteroatoms. The highest BCUT2D eigenvalue weighted by atomic mass is 16.6. The van der Waals surface area contributed by atoms with Gasteiger partial charge in [0.2, 0.25) is 0 Å². The molecule has 4 aliphatic rings. The van der Waals surface area contributed by atoms with Gasteiger partial charge < -0.3 is 19.5 Å². The number of allylic oxidation sites excluding steroid dienone is 1. The summed E-state index contributed by atoms with van der Waals surface area (Å²) in [5.74, 6) is 2.44. The zero-order valence-electron chi connectivity index (χ0n) is 18.7. The van der Waals surface area contributed by atoms with Crippen LogP contribution < -0.4 is 14.8 Å². The second-order valence-electron chi connectivity index (χ2n) is 9.52. The molecule has 1 aromatic rings. The van der Waals surface area contributed by atoms with E-state index >= 15 is 0 Å². The van der Waals surface area contributed by atoms with Crippen LogP contribution in [0.3, 0.4) is 0 Å². The van der Waals surface area contributed by atoms with Crippen molar-refractivity contribution in [3.8, 4) is 11.5 Å². The maximum Gasteiger partial charge on any atom is 0.344 e. The molecule has 0 spiro atoms. The number of hydrogen-bond acceptors (Lipinski definition) is 5. The number of nitrogens with one attached hydrogen (secondary N) is 1. The maximum absolute atomic E-state index is 12.8. The highest BCUT2D eigenvalue weighted by molar-refractivity contribution is 5.84. The van der Waals surface area contributed by atoms with E-state index in [-0.39, 0.29) is 18.1 Å². The second kappa shape index (κ2) is 8.93. The molecule has 4 fully saturated rings. The van der Waals surface area contributed by atoms with Gasteiger partial charge in [-0.15, -0.1) is 0 Å². The standard InChI is InChI=1S/C25H33NO5/c1-4-5-17-6-7-21(22(11-17)29-3)30-15-23(27)31-16(2)24(28)26-25-12-18-8-19(13-25)10-20(9-18)14-25/h4-7,11,16,18-20H,8-10,12-15H2,1-3H3,(H,26,28)/b5-4+/t16-,18?,19?,20?,25?/m0/s1. The fourth-order valence-electron chi connectivity index (χ4n) is 6.15. The first-order valence-electron chi connectivity index (χ1n) is 11.3. The number of carbonyl (C=O) groups excluding carboxylic acids is 2. The van der Waals surface area contributed by atoms with Gasteiger partial charge in [-0.2, -0.15) is 0 Å². The van der Waals surface area contributed by atoms with Gasteiger partial charge in [0.1, 0.15) is 0 Å². The monoisotopic (exact) mass is 427 g/mol. The average Bonchev–Trinajstić information content (AvgIpc) is 2.71. The van der Waals surface area contributed by atoms with Crippen LogP contribution in [0.1, 0.15) is 57.9 Å². The van der Waals surface area contributed by atoms with E-state index in [1.807, 2.05) is 31.2 Å². The summed E-state index contributed by atoms with van der Waals surface area (Å²) in [6.45, 7) is 3.28. The molecule has 4 saturated carbocycles. The van der Waals surface area contributed by atoms with E-state index in [0.717, 1.165) is 42.6 Å². The molecule has 0 unspecified atom stereocenters. The molecule has 31 heavy (non-hydrogen) atoms. The molecule has 4 aliphatic carbocycles. The van der Waals surface area contributed by atoms with E-state index in [0.29, 0.717) is 11.5 Å². The van der Waals surface area contributed by atoms with Gasteiger partial charge in [-0.3, -0.25) is 4.79 Å². The molecule has 1 amide bonds. The Morgan fingerprint density at radius 2 is 1.77 bits per heavy atom. The van der Waals surface area contributed by atoms with Gasteiger partial charge in [0.15, 0.2) is 24.2 Å². The zero-order valence-corrected chi connectivity index (χ0v) is 18.7. The minimum atomic E-state index is -0.844. The Hall–Kier alpha value is -2.50. The Kier molecular flexibility index (Phi) is 6.26. The fourth-order valence-corrected chi connectivity index (χ4v) is 6.15. The molecule has 5 rings (SSSR count). The SMILES string of the molecule is C/C=C/c1ccc(OCC(=O)O[C@@H](C)C(=O)NC23CC4CC(CC(C4)C2)C3)c(OC)c1. The number of benzene rings is 1. The number of amides is 1. The summed E-state index contributed by atoms with van der Waals surface area (Å²) < 4.78 is 16.3. The molecular weight excluding hydrogens is 394 g/mol. The van der Waals surface area contributed by atoms with Crippen molar-refractivity contribution in [2.45, 2.75) is 64.0 Å². The number of carbonyl (C=O) groups is 2. The van der Waals surface area contributed by atoms with Crippen LogP contribution in [-0.2, 0) is 14.3 Å². The summed E-state index contributed by atoms with van der Waals surface area (Å²) >= 11 is 0. The minimum Gasteiger partial charge on any atom is -0.493 e. The van der Waals surface area contributed by atoms with Gasteiger partial charge in [0, 0.05) is 5.54 Å². The zero-order chi connectivity index (χ0) is 22.0. The number of hydrogen-bond donors (Lipinski definition) is 1. The highest BCUT2D eigenvalue weighted by Crippen LogP contribution is 2.55. The molecule has 0 heterocycles. The molecule has 168 valence electrons. The lowest BCUT2D eigenvalue weighted by atomic mass is 9.53. The summed E-state index contributed by atoms with van der Waals surface area (Å²) in [5, 5.41) is 3.26. The summed E-state index contributed by atoms with van der Waals surface area (Å²) in [6.07, 6.45) is 10.2. The summed E-state index contributed by atoms with van der Waals surface area (Å²) in [4.78, 5) is 25.1. The Labute approximate surface area is 184 Å². The Balaban J connectivity index is 1.28. The third-order valence-corrected chi connectivity index (χ3v) is 7.00. The van der Waals surface area contributed by atoms with Gasteiger partial charge in [0.25, 0.3) is 5.91 Å². The van der Waals surface area contributed by atoms with Crippen LogP contribution in [0.4, 0.5) is 0 Å². The topological polar surface area (TPSA) is 73.9 Å². The van der Waals surface area contributed by atoms with Crippen molar-refractivity contribution in [2.24, 2.45) is 17.8 Å². The minimum absolute atomic E-state index is 0.0922. The lowest BCUT2D eigenvalue weighted by molar-refractivity contribution is -0.158. The van der Waals surface area contributed by atoms with E-state index < -0.39 is 12.1 Å². The quantitative estimate of drug-likeness (QED) is 0.632. The molecule has 0 saturated heterocycles. The number of rotatable bonds is 8. The molecule has 1 atom stereocenters. The number of ether oxygens (including phenoxy) is 3. The third kappa shape index (κ3) is 4.89. The highest BCUT2D eigenvalue weighted by Gasteiger charge is 2.51. The van der Waals surface area contributed by atoms with Crippen molar-refractivity contribution in [1.82, 2.24) is 5.32 Å². The average molecular weight is 428 g/mol. The van der Waals surface area contributed by atoms with Crippen LogP contribution >= 0.6 is 0 Å². The number of esters is 1. The molecule has 1 aromatic carbocycles. The van der Waals surface area contributed by atoms with E-state index in [2.05, 4.69) is 5.32 Å². The number of methoxy groups -OCH3 is 1. The van der Waals surface area contributed by atoms with Crippen LogP contribution in [0.5, 0.6) is 11.5 Å². The first-order valence-corrected chi connectivity index (χ1v) is 11.3. The van der Waals surface area contributed by atoms with Crippen molar-refractivity contribution >= 4 is 18.0 Å². The largest absolute Gasteiger partial charge is 0.493 e. The van der Waals surface area contributed by atoms with Crippen LogP contribution in [0, 0.1) is 17.8 Å². The fraction of sp³-hybridized carbons (Fsp3) is 0.600. The first kappa shape index (κ1) is 21.7. The van der Waals surface area contributed by atoms with Crippen LogP contribution in [0.2, 0.25) is 0 Å². The Morgan fingerprint density at radius 1 is 1.13 bits per heavy atom. The second-order valence-corrected chi connectivity index (χ2v) is 9.52. The lowest BCUT2D eigenvalue weighted by Gasteiger charge is -2.57.